The molecular formula is C18H27N5. The lowest BCUT2D eigenvalue weighted by atomic mass is 9.96. The third-order valence-corrected chi connectivity index (χ3v) is 4.60. The number of rotatable bonds is 5. The summed E-state index contributed by atoms with van der Waals surface area (Å²) in [4.78, 5) is 13.9. The van der Waals surface area contributed by atoms with Crippen LogP contribution in [0.25, 0.3) is 0 Å². The molecule has 0 amide bonds. The van der Waals surface area contributed by atoms with Crippen LogP contribution in [0.1, 0.15) is 30.1 Å². The molecule has 0 saturated carbocycles. The Kier molecular flexibility index (Phi) is 4.96. The largest absolute Gasteiger partial charge is 0.356 e. The van der Waals surface area contributed by atoms with Crippen molar-refractivity contribution >= 4 is 5.82 Å². The van der Waals surface area contributed by atoms with Crippen molar-refractivity contribution in [3.8, 4) is 0 Å². The van der Waals surface area contributed by atoms with E-state index in [0.29, 0.717) is 5.92 Å². The molecule has 0 spiro atoms. The van der Waals surface area contributed by atoms with Crippen molar-refractivity contribution in [3.63, 3.8) is 0 Å². The first kappa shape index (κ1) is 16.0. The predicted molar refractivity (Wildman–Crippen MR) is 93.9 cm³/mol. The number of hydrogen-bond donors (Lipinski definition) is 0. The highest BCUT2D eigenvalue weighted by Crippen LogP contribution is 2.29. The van der Waals surface area contributed by atoms with E-state index in [1.54, 1.807) is 0 Å². The van der Waals surface area contributed by atoms with Crippen LogP contribution < -0.4 is 4.90 Å². The Bertz CT molecular complexity index is 634. The molecule has 0 radical (unpaired) electrons. The van der Waals surface area contributed by atoms with Crippen molar-refractivity contribution < 1.29 is 0 Å². The number of hydrogen-bond acceptors (Lipinski definition) is 4. The van der Waals surface area contributed by atoms with E-state index in [1.807, 2.05) is 18.5 Å². The fraction of sp³-hybridized carbons (Fsp3) is 0.556. The lowest BCUT2D eigenvalue weighted by Gasteiger charge is -2.34. The molecule has 3 heterocycles. The maximum atomic E-state index is 4.67. The van der Waals surface area contributed by atoms with Crippen molar-refractivity contribution in [2.45, 2.75) is 32.2 Å². The van der Waals surface area contributed by atoms with Gasteiger partial charge in [0.15, 0.2) is 0 Å². The summed E-state index contributed by atoms with van der Waals surface area (Å²) in [5, 5.41) is 0. The van der Waals surface area contributed by atoms with Crippen LogP contribution in [0.2, 0.25) is 0 Å². The first-order chi connectivity index (χ1) is 11.1. The Hall–Kier alpha value is -1.88. The second-order valence-electron chi connectivity index (χ2n) is 6.71. The minimum atomic E-state index is 0.488. The van der Waals surface area contributed by atoms with Crippen LogP contribution >= 0.6 is 0 Å². The fourth-order valence-corrected chi connectivity index (χ4v) is 3.37. The quantitative estimate of drug-likeness (QED) is 0.850. The Morgan fingerprint density at radius 3 is 2.91 bits per heavy atom. The van der Waals surface area contributed by atoms with Gasteiger partial charge < -0.3 is 14.4 Å². The highest BCUT2D eigenvalue weighted by atomic mass is 15.2. The summed E-state index contributed by atoms with van der Waals surface area (Å²) in [7, 11) is 4.23. The maximum absolute atomic E-state index is 4.67. The number of imidazole rings is 1. The zero-order chi connectivity index (χ0) is 16.2. The monoisotopic (exact) mass is 313 g/mol. The molecule has 2 aromatic heterocycles. The van der Waals surface area contributed by atoms with Gasteiger partial charge >= 0.3 is 0 Å². The molecule has 1 fully saturated rings. The molecule has 124 valence electrons. The number of piperidine rings is 1. The molecule has 3 rings (SSSR count). The molecule has 1 aliphatic heterocycles. The summed E-state index contributed by atoms with van der Waals surface area (Å²) >= 11 is 0. The number of pyridine rings is 1. The summed E-state index contributed by atoms with van der Waals surface area (Å²) in [6.45, 7) is 6.29. The van der Waals surface area contributed by atoms with Gasteiger partial charge in [-0.15, -0.1) is 0 Å². The van der Waals surface area contributed by atoms with Crippen LogP contribution in [0.15, 0.2) is 30.7 Å². The molecule has 0 aliphatic carbocycles. The van der Waals surface area contributed by atoms with E-state index in [-0.39, 0.29) is 0 Å². The lowest BCUT2D eigenvalue weighted by molar-refractivity contribution is 0.373. The highest BCUT2D eigenvalue weighted by Gasteiger charge is 2.26. The molecule has 0 unspecified atom stereocenters. The van der Waals surface area contributed by atoms with Crippen molar-refractivity contribution in [3.05, 3.63) is 42.1 Å². The average Bonchev–Trinajstić information content (AvgIpc) is 3.02. The van der Waals surface area contributed by atoms with Crippen LogP contribution in [0.3, 0.4) is 0 Å². The Morgan fingerprint density at radius 1 is 1.26 bits per heavy atom. The van der Waals surface area contributed by atoms with Gasteiger partial charge in [-0.1, -0.05) is 6.07 Å². The van der Waals surface area contributed by atoms with Crippen molar-refractivity contribution in [1.29, 1.82) is 0 Å². The van der Waals surface area contributed by atoms with E-state index in [1.165, 1.54) is 24.2 Å². The van der Waals surface area contributed by atoms with Gasteiger partial charge in [0.25, 0.3) is 0 Å². The van der Waals surface area contributed by atoms with E-state index >= 15 is 0 Å². The Morgan fingerprint density at radius 2 is 2.13 bits per heavy atom. The van der Waals surface area contributed by atoms with Gasteiger partial charge in [-0.25, -0.2) is 9.97 Å². The molecule has 1 saturated heterocycles. The molecule has 5 heteroatoms. The average molecular weight is 313 g/mol. The summed E-state index contributed by atoms with van der Waals surface area (Å²) in [6.07, 6.45) is 8.35. The first-order valence-electron chi connectivity index (χ1n) is 8.47. The third kappa shape index (κ3) is 3.72. The molecule has 23 heavy (non-hydrogen) atoms. The smallest absolute Gasteiger partial charge is 0.131 e. The molecular weight excluding hydrogens is 286 g/mol. The normalized spacial score (nSPS) is 18.6. The van der Waals surface area contributed by atoms with Gasteiger partial charge in [0, 0.05) is 50.7 Å². The standard InChI is InChI=1S/C18H27N5/c1-15-6-4-8-19-17(15)23-10-5-7-16(14-23)18-20-9-11-22(18)13-12-21(2)3/h4,6,8-9,11,16H,5,7,10,12-14H2,1-3H3/t16-/m1/s1. The number of likely N-dealkylation sites (N-methyl/N-ethyl adjacent to an activating group) is 1. The van der Waals surface area contributed by atoms with Crippen LogP contribution in [-0.2, 0) is 6.54 Å². The molecule has 0 aromatic carbocycles. The van der Waals surface area contributed by atoms with E-state index in [0.717, 1.165) is 32.0 Å². The van der Waals surface area contributed by atoms with Crippen LogP contribution in [0.5, 0.6) is 0 Å². The fourth-order valence-electron chi connectivity index (χ4n) is 3.37. The highest BCUT2D eigenvalue weighted by molar-refractivity contribution is 5.46. The summed E-state index contributed by atoms with van der Waals surface area (Å²) in [6, 6.07) is 4.15. The zero-order valence-electron chi connectivity index (χ0n) is 14.4. The van der Waals surface area contributed by atoms with Crippen molar-refractivity contribution in [2.24, 2.45) is 0 Å². The molecule has 5 nitrogen and oxygen atoms in total. The number of nitrogens with zero attached hydrogens (tertiary/aromatic N) is 5. The van der Waals surface area contributed by atoms with Gasteiger partial charge in [-0.05, 0) is 45.5 Å². The van der Waals surface area contributed by atoms with Crippen molar-refractivity contribution in [2.75, 3.05) is 38.6 Å². The summed E-state index contributed by atoms with van der Waals surface area (Å²) < 4.78 is 2.32. The van der Waals surface area contributed by atoms with Crippen LogP contribution in [-0.4, -0.2) is 53.2 Å². The van der Waals surface area contributed by atoms with Crippen molar-refractivity contribution in [1.82, 2.24) is 19.4 Å². The van der Waals surface area contributed by atoms with Gasteiger partial charge in [-0.2, -0.15) is 0 Å². The van der Waals surface area contributed by atoms with Crippen LogP contribution in [0, 0.1) is 6.92 Å². The number of aryl methyl sites for hydroxylation is 1. The zero-order valence-corrected chi connectivity index (χ0v) is 14.4. The molecule has 1 aliphatic rings. The summed E-state index contributed by atoms with van der Waals surface area (Å²) in [5.41, 5.74) is 1.25. The van der Waals surface area contributed by atoms with Gasteiger partial charge in [0.1, 0.15) is 11.6 Å². The topological polar surface area (TPSA) is 37.2 Å². The minimum absolute atomic E-state index is 0.488. The van der Waals surface area contributed by atoms with E-state index < -0.39 is 0 Å². The SMILES string of the molecule is Cc1cccnc1N1CCC[C@@H](c2nccn2CCN(C)C)C1. The van der Waals surface area contributed by atoms with E-state index in [9.17, 15) is 0 Å². The second-order valence-corrected chi connectivity index (χ2v) is 6.71. The van der Waals surface area contributed by atoms with Gasteiger partial charge in [0.05, 0.1) is 0 Å². The van der Waals surface area contributed by atoms with E-state index in [2.05, 4.69) is 57.6 Å². The number of anilines is 1. The molecule has 1 atom stereocenters. The summed E-state index contributed by atoms with van der Waals surface area (Å²) in [5.74, 6) is 2.84. The lowest BCUT2D eigenvalue weighted by Crippen LogP contribution is -2.36. The third-order valence-electron chi connectivity index (χ3n) is 4.60. The van der Waals surface area contributed by atoms with Gasteiger partial charge in [-0.3, -0.25) is 0 Å². The Balaban J connectivity index is 1.74. The maximum Gasteiger partial charge on any atom is 0.131 e. The van der Waals surface area contributed by atoms with E-state index in [4.69, 9.17) is 0 Å². The number of aromatic nitrogens is 3. The predicted octanol–water partition coefficient (Wildman–Crippen LogP) is 2.53. The molecule has 0 bridgehead atoms. The molecule has 2 aromatic rings. The molecule has 0 N–H and O–H groups in total. The first-order valence-corrected chi connectivity index (χ1v) is 8.47. The van der Waals surface area contributed by atoms with Gasteiger partial charge in [0.2, 0.25) is 0 Å². The second kappa shape index (κ2) is 7.13. The van der Waals surface area contributed by atoms with Crippen LogP contribution in [0.4, 0.5) is 5.82 Å². The minimum Gasteiger partial charge on any atom is -0.356 e. The Labute approximate surface area is 139 Å².